The molecule has 7 nitrogen and oxygen atoms in total. The number of primary amides is 1. The van der Waals surface area contributed by atoms with Gasteiger partial charge < -0.3 is 16.0 Å². The van der Waals surface area contributed by atoms with Crippen LogP contribution in [0.3, 0.4) is 0 Å². The van der Waals surface area contributed by atoms with Crippen molar-refractivity contribution in [1.29, 1.82) is 0 Å². The highest BCUT2D eigenvalue weighted by molar-refractivity contribution is 5.97. The van der Waals surface area contributed by atoms with Gasteiger partial charge in [-0.3, -0.25) is 19.3 Å². The molecule has 1 fully saturated rings. The zero-order valence-electron chi connectivity index (χ0n) is 14.9. The smallest absolute Gasteiger partial charge is 0.253 e. The molecule has 1 saturated heterocycles. The van der Waals surface area contributed by atoms with Crippen molar-refractivity contribution < 1.29 is 14.4 Å². The number of nitrogens with one attached hydrogen (secondary N) is 1. The number of para-hydroxylation sites is 1. The fourth-order valence-corrected chi connectivity index (χ4v) is 2.99. The highest BCUT2D eigenvalue weighted by atomic mass is 16.2. The Morgan fingerprint density at radius 1 is 0.852 bits per heavy atom. The van der Waals surface area contributed by atoms with E-state index in [1.54, 1.807) is 29.2 Å². The van der Waals surface area contributed by atoms with Gasteiger partial charge in [0.25, 0.3) is 5.91 Å². The lowest BCUT2D eigenvalue weighted by Crippen LogP contribution is -2.50. The number of rotatable bonds is 5. The van der Waals surface area contributed by atoms with Gasteiger partial charge in [-0.15, -0.1) is 0 Å². The molecule has 27 heavy (non-hydrogen) atoms. The molecule has 3 rings (SSSR count). The second-order valence-electron chi connectivity index (χ2n) is 6.42. The molecule has 0 bridgehead atoms. The number of nitrogens with two attached hydrogens (primary N) is 1. The molecule has 3 amide bonds. The molecule has 7 heteroatoms. The van der Waals surface area contributed by atoms with Crippen LogP contribution in [0.4, 0.5) is 5.69 Å². The van der Waals surface area contributed by atoms with E-state index >= 15 is 0 Å². The fraction of sp³-hybridized carbons (Fsp3) is 0.250. The standard InChI is InChI=1S/C20H22N4O3/c21-19(26)15-6-8-16(9-7-15)20(27)24-12-10-23(11-13-24)14-18(25)22-17-4-2-1-3-5-17/h1-9H,10-14H2,(H2,21,26)(H,22,25). The number of piperazine rings is 1. The van der Waals surface area contributed by atoms with Crippen LogP contribution in [0.25, 0.3) is 0 Å². The first-order valence-electron chi connectivity index (χ1n) is 8.79. The van der Waals surface area contributed by atoms with Crippen molar-refractivity contribution in [2.75, 3.05) is 38.0 Å². The van der Waals surface area contributed by atoms with Crippen LogP contribution in [-0.4, -0.2) is 60.2 Å². The molecule has 0 atom stereocenters. The number of benzene rings is 2. The number of carbonyl (C=O) groups excluding carboxylic acids is 3. The van der Waals surface area contributed by atoms with E-state index < -0.39 is 5.91 Å². The van der Waals surface area contributed by atoms with Crippen LogP contribution < -0.4 is 11.1 Å². The molecule has 2 aromatic rings. The second kappa shape index (κ2) is 8.46. The Bertz CT molecular complexity index is 813. The van der Waals surface area contributed by atoms with Crippen molar-refractivity contribution in [2.24, 2.45) is 5.73 Å². The summed E-state index contributed by atoms with van der Waals surface area (Å²) in [6.45, 7) is 2.66. The number of carbonyl (C=O) groups is 3. The molecule has 0 aromatic heterocycles. The lowest BCUT2D eigenvalue weighted by atomic mass is 10.1. The van der Waals surface area contributed by atoms with Gasteiger partial charge in [0, 0.05) is 43.0 Å². The van der Waals surface area contributed by atoms with E-state index in [4.69, 9.17) is 5.73 Å². The molecule has 140 valence electrons. The van der Waals surface area contributed by atoms with E-state index in [-0.39, 0.29) is 11.8 Å². The van der Waals surface area contributed by atoms with E-state index in [0.717, 1.165) is 5.69 Å². The van der Waals surface area contributed by atoms with Crippen LogP contribution in [0, 0.1) is 0 Å². The third kappa shape index (κ3) is 4.92. The van der Waals surface area contributed by atoms with Gasteiger partial charge >= 0.3 is 0 Å². The van der Waals surface area contributed by atoms with Gasteiger partial charge in [0.2, 0.25) is 11.8 Å². The molecule has 0 aliphatic carbocycles. The molecule has 0 saturated carbocycles. The summed E-state index contributed by atoms with van der Waals surface area (Å²) < 4.78 is 0. The zero-order chi connectivity index (χ0) is 19.2. The van der Waals surface area contributed by atoms with Crippen LogP contribution in [0.15, 0.2) is 54.6 Å². The van der Waals surface area contributed by atoms with Crippen molar-refractivity contribution in [3.63, 3.8) is 0 Å². The summed E-state index contributed by atoms with van der Waals surface area (Å²) in [6, 6.07) is 15.7. The maximum absolute atomic E-state index is 12.6. The van der Waals surface area contributed by atoms with Crippen molar-refractivity contribution in [2.45, 2.75) is 0 Å². The van der Waals surface area contributed by atoms with E-state index in [1.165, 1.54) is 0 Å². The fourth-order valence-electron chi connectivity index (χ4n) is 2.99. The topological polar surface area (TPSA) is 95.7 Å². The summed E-state index contributed by atoms with van der Waals surface area (Å²) in [7, 11) is 0. The molecule has 0 unspecified atom stereocenters. The molecule has 3 N–H and O–H groups in total. The van der Waals surface area contributed by atoms with Crippen LogP contribution in [0.1, 0.15) is 20.7 Å². The Morgan fingerprint density at radius 3 is 2.04 bits per heavy atom. The summed E-state index contributed by atoms with van der Waals surface area (Å²) >= 11 is 0. The summed E-state index contributed by atoms with van der Waals surface area (Å²) in [5.74, 6) is -0.668. The van der Waals surface area contributed by atoms with Crippen molar-refractivity contribution in [1.82, 2.24) is 9.80 Å². The van der Waals surface area contributed by atoms with E-state index in [9.17, 15) is 14.4 Å². The number of hydrogen-bond acceptors (Lipinski definition) is 4. The lowest BCUT2D eigenvalue weighted by molar-refractivity contribution is -0.117. The predicted octanol–water partition coefficient (Wildman–Crippen LogP) is 1.18. The van der Waals surface area contributed by atoms with Gasteiger partial charge in [-0.1, -0.05) is 18.2 Å². The van der Waals surface area contributed by atoms with Crippen LogP contribution >= 0.6 is 0 Å². The highest BCUT2D eigenvalue weighted by Gasteiger charge is 2.23. The third-order valence-corrected chi connectivity index (χ3v) is 4.50. The first-order valence-corrected chi connectivity index (χ1v) is 8.79. The summed E-state index contributed by atoms with van der Waals surface area (Å²) in [4.78, 5) is 39.6. The number of hydrogen-bond donors (Lipinski definition) is 2. The van der Waals surface area contributed by atoms with Crippen LogP contribution in [-0.2, 0) is 4.79 Å². The minimum Gasteiger partial charge on any atom is -0.366 e. The maximum Gasteiger partial charge on any atom is 0.253 e. The number of anilines is 1. The first-order chi connectivity index (χ1) is 13.0. The average molecular weight is 366 g/mol. The Balaban J connectivity index is 1.48. The van der Waals surface area contributed by atoms with Gasteiger partial charge in [-0.2, -0.15) is 0 Å². The summed E-state index contributed by atoms with van der Waals surface area (Å²) in [5.41, 5.74) is 6.89. The average Bonchev–Trinajstić information content (AvgIpc) is 2.69. The Hall–Kier alpha value is -3.19. The Labute approximate surface area is 157 Å². The quantitative estimate of drug-likeness (QED) is 0.831. The van der Waals surface area contributed by atoms with Crippen LogP contribution in [0.5, 0.6) is 0 Å². The SMILES string of the molecule is NC(=O)c1ccc(C(=O)N2CCN(CC(=O)Nc3ccccc3)CC2)cc1. The van der Waals surface area contributed by atoms with Gasteiger partial charge in [0.1, 0.15) is 0 Å². The lowest BCUT2D eigenvalue weighted by Gasteiger charge is -2.34. The molecule has 0 radical (unpaired) electrons. The van der Waals surface area contributed by atoms with E-state index in [2.05, 4.69) is 5.32 Å². The largest absolute Gasteiger partial charge is 0.366 e. The highest BCUT2D eigenvalue weighted by Crippen LogP contribution is 2.11. The van der Waals surface area contributed by atoms with Crippen LogP contribution in [0.2, 0.25) is 0 Å². The third-order valence-electron chi connectivity index (χ3n) is 4.50. The molecular formula is C20H22N4O3. The first kappa shape index (κ1) is 18.6. The molecule has 2 aromatic carbocycles. The minimum atomic E-state index is -0.517. The minimum absolute atomic E-state index is 0.0667. The molecular weight excluding hydrogens is 344 g/mol. The summed E-state index contributed by atoms with van der Waals surface area (Å²) in [5, 5.41) is 2.86. The van der Waals surface area contributed by atoms with Crippen molar-refractivity contribution in [3.05, 3.63) is 65.7 Å². The number of amides is 3. The normalized spacial score (nSPS) is 14.6. The van der Waals surface area contributed by atoms with Gasteiger partial charge in [0.05, 0.1) is 6.54 Å². The van der Waals surface area contributed by atoms with E-state index in [1.807, 2.05) is 35.2 Å². The van der Waals surface area contributed by atoms with Gasteiger partial charge in [-0.05, 0) is 36.4 Å². The predicted molar refractivity (Wildman–Crippen MR) is 102 cm³/mol. The summed E-state index contributed by atoms with van der Waals surface area (Å²) in [6.07, 6.45) is 0. The molecule has 1 heterocycles. The Morgan fingerprint density at radius 2 is 1.44 bits per heavy atom. The maximum atomic E-state index is 12.6. The van der Waals surface area contributed by atoms with Crippen molar-refractivity contribution >= 4 is 23.4 Å². The molecule has 0 spiro atoms. The van der Waals surface area contributed by atoms with Crippen molar-refractivity contribution in [3.8, 4) is 0 Å². The molecule has 1 aliphatic rings. The monoisotopic (exact) mass is 366 g/mol. The van der Waals surface area contributed by atoms with Gasteiger partial charge in [0.15, 0.2) is 0 Å². The van der Waals surface area contributed by atoms with Gasteiger partial charge in [-0.25, -0.2) is 0 Å². The Kier molecular flexibility index (Phi) is 5.83. The van der Waals surface area contributed by atoms with E-state index in [0.29, 0.717) is 43.9 Å². The zero-order valence-corrected chi connectivity index (χ0v) is 14.9. The second-order valence-corrected chi connectivity index (χ2v) is 6.42. The molecule has 1 aliphatic heterocycles. The number of nitrogens with zero attached hydrogens (tertiary/aromatic N) is 2.